The van der Waals surface area contributed by atoms with Gasteiger partial charge in [0.2, 0.25) is 0 Å². The molecule has 2 aromatic carbocycles. The molecule has 0 aliphatic carbocycles. The molecule has 2 aromatic rings. The van der Waals surface area contributed by atoms with Crippen LogP contribution in [0.15, 0.2) is 42.5 Å². The zero-order valence-corrected chi connectivity index (χ0v) is 16.5. The van der Waals surface area contributed by atoms with Crippen LogP contribution >= 0.6 is 0 Å². The number of hydrogen-bond donors (Lipinski definition) is 2. The number of anilines is 2. The van der Waals surface area contributed by atoms with E-state index in [2.05, 4.69) is 35.3 Å². The van der Waals surface area contributed by atoms with E-state index in [0.717, 1.165) is 48.9 Å². The summed E-state index contributed by atoms with van der Waals surface area (Å²) >= 11 is 0. The summed E-state index contributed by atoms with van der Waals surface area (Å²) in [6.07, 6.45) is 0. The SMILES string of the molecule is CCOc1ccccc1N1CC[NH+](CC(=O)Nc2ccc(C)cc2C)CC1. The third-order valence-corrected chi connectivity index (χ3v) is 5.04. The van der Waals surface area contributed by atoms with Crippen molar-refractivity contribution in [2.75, 3.05) is 49.5 Å². The van der Waals surface area contributed by atoms with E-state index in [9.17, 15) is 4.79 Å². The molecule has 0 radical (unpaired) electrons. The van der Waals surface area contributed by atoms with Gasteiger partial charge in [0.1, 0.15) is 5.75 Å². The molecule has 1 heterocycles. The third kappa shape index (κ3) is 5.01. The van der Waals surface area contributed by atoms with Crippen molar-refractivity contribution in [1.82, 2.24) is 0 Å². The van der Waals surface area contributed by atoms with E-state index in [-0.39, 0.29) is 5.91 Å². The van der Waals surface area contributed by atoms with Crippen molar-refractivity contribution in [2.45, 2.75) is 20.8 Å². The maximum atomic E-state index is 12.4. The Morgan fingerprint density at radius 1 is 1.15 bits per heavy atom. The van der Waals surface area contributed by atoms with Gasteiger partial charge in [-0.05, 0) is 44.5 Å². The Hall–Kier alpha value is -2.53. The minimum absolute atomic E-state index is 0.0834. The van der Waals surface area contributed by atoms with Gasteiger partial charge >= 0.3 is 0 Å². The number of nitrogens with one attached hydrogen (secondary N) is 2. The second kappa shape index (κ2) is 8.91. The number of para-hydroxylation sites is 2. The molecule has 5 nitrogen and oxygen atoms in total. The number of amides is 1. The Kier molecular flexibility index (Phi) is 6.35. The van der Waals surface area contributed by atoms with Gasteiger partial charge in [-0.15, -0.1) is 0 Å². The number of hydrogen-bond acceptors (Lipinski definition) is 3. The average molecular weight is 369 g/mol. The Morgan fingerprint density at radius 3 is 2.59 bits per heavy atom. The number of piperazine rings is 1. The van der Waals surface area contributed by atoms with E-state index in [0.29, 0.717) is 13.2 Å². The first-order valence-corrected chi connectivity index (χ1v) is 9.74. The fraction of sp³-hybridized carbons (Fsp3) is 0.409. The Bertz CT molecular complexity index is 783. The van der Waals surface area contributed by atoms with Crippen molar-refractivity contribution in [3.63, 3.8) is 0 Å². The molecule has 2 N–H and O–H groups in total. The second-order valence-electron chi connectivity index (χ2n) is 7.18. The summed E-state index contributed by atoms with van der Waals surface area (Å²) in [6, 6.07) is 14.3. The molecule has 144 valence electrons. The van der Waals surface area contributed by atoms with E-state index in [1.165, 1.54) is 10.5 Å². The van der Waals surface area contributed by atoms with Gasteiger partial charge in [-0.3, -0.25) is 4.79 Å². The van der Waals surface area contributed by atoms with E-state index in [1.807, 2.05) is 38.1 Å². The van der Waals surface area contributed by atoms with E-state index >= 15 is 0 Å². The van der Waals surface area contributed by atoms with Gasteiger partial charge in [-0.1, -0.05) is 29.8 Å². The van der Waals surface area contributed by atoms with Crippen LogP contribution in [-0.4, -0.2) is 45.2 Å². The summed E-state index contributed by atoms with van der Waals surface area (Å²) in [5.74, 6) is 1.02. The van der Waals surface area contributed by atoms with Crippen molar-refractivity contribution in [3.05, 3.63) is 53.6 Å². The number of nitrogens with zero attached hydrogens (tertiary/aromatic N) is 1. The third-order valence-electron chi connectivity index (χ3n) is 5.04. The van der Waals surface area contributed by atoms with E-state index in [4.69, 9.17) is 4.74 Å². The highest BCUT2D eigenvalue weighted by molar-refractivity contribution is 5.92. The van der Waals surface area contributed by atoms with Gasteiger partial charge in [0.15, 0.2) is 6.54 Å². The van der Waals surface area contributed by atoms with Crippen LogP contribution in [0, 0.1) is 13.8 Å². The van der Waals surface area contributed by atoms with Crippen molar-refractivity contribution in [1.29, 1.82) is 0 Å². The lowest BCUT2D eigenvalue weighted by Crippen LogP contribution is -3.15. The molecule has 1 aliphatic rings. The van der Waals surface area contributed by atoms with Crippen LogP contribution in [-0.2, 0) is 4.79 Å². The number of carbonyl (C=O) groups is 1. The largest absolute Gasteiger partial charge is 0.492 e. The molecule has 0 aromatic heterocycles. The molecule has 0 bridgehead atoms. The minimum Gasteiger partial charge on any atom is -0.492 e. The molecular formula is C22H30N3O2+. The smallest absolute Gasteiger partial charge is 0.279 e. The van der Waals surface area contributed by atoms with Crippen LogP contribution in [0.25, 0.3) is 0 Å². The van der Waals surface area contributed by atoms with Gasteiger partial charge < -0.3 is 19.9 Å². The molecule has 1 fully saturated rings. The second-order valence-corrected chi connectivity index (χ2v) is 7.18. The van der Waals surface area contributed by atoms with Crippen molar-refractivity contribution in [2.24, 2.45) is 0 Å². The lowest BCUT2D eigenvalue weighted by atomic mass is 10.1. The maximum absolute atomic E-state index is 12.4. The van der Waals surface area contributed by atoms with Crippen molar-refractivity contribution >= 4 is 17.3 Å². The highest BCUT2D eigenvalue weighted by atomic mass is 16.5. The van der Waals surface area contributed by atoms with Gasteiger partial charge in [-0.2, -0.15) is 0 Å². The first kappa shape index (κ1) is 19.2. The summed E-state index contributed by atoms with van der Waals surface area (Å²) in [5.41, 5.74) is 4.38. The number of carbonyl (C=O) groups excluding carboxylic acids is 1. The summed E-state index contributed by atoms with van der Waals surface area (Å²) in [7, 11) is 0. The highest BCUT2D eigenvalue weighted by Gasteiger charge is 2.24. The molecule has 1 saturated heterocycles. The summed E-state index contributed by atoms with van der Waals surface area (Å²) in [4.78, 5) is 16.1. The Balaban J connectivity index is 1.53. The molecule has 27 heavy (non-hydrogen) atoms. The molecule has 0 atom stereocenters. The van der Waals surface area contributed by atoms with E-state index in [1.54, 1.807) is 0 Å². The quantitative estimate of drug-likeness (QED) is 0.820. The molecule has 0 unspecified atom stereocenters. The lowest BCUT2D eigenvalue weighted by molar-refractivity contribution is -0.892. The predicted molar refractivity (Wildman–Crippen MR) is 110 cm³/mol. The number of aryl methyl sites for hydroxylation is 2. The summed E-state index contributed by atoms with van der Waals surface area (Å²) < 4.78 is 5.75. The fourth-order valence-corrected chi connectivity index (χ4v) is 3.61. The monoisotopic (exact) mass is 368 g/mol. The van der Waals surface area contributed by atoms with E-state index < -0.39 is 0 Å². The number of ether oxygens (including phenoxy) is 1. The zero-order chi connectivity index (χ0) is 19.2. The van der Waals surface area contributed by atoms with Crippen LogP contribution < -0.4 is 19.9 Å². The fourth-order valence-electron chi connectivity index (χ4n) is 3.61. The van der Waals surface area contributed by atoms with Crippen LogP contribution in [0.2, 0.25) is 0 Å². The van der Waals surface area contributed by atoms with Gasteiger partial charge in [0.05, 0.1) is 38.5 Å². The Labute approximate surface area is 161 Å². The highest BCUT2D eigenvalue weighted by Crippen LogP contribution is 2.27. The van der Waals surface area contributed by atoms with Gasteiger partial charge in [0.25, 0.3) is 5.91 Å². The Morgan fingerprint density at radius 2 is 1.89 bits per heavy atom. The topological polar surface area (TPSA) is 46.0 Å². The normalized spacial score (nSPS) is 14.9. The standard InChI is InChI=1S/C22H29N3O2/c1-4-27-21-8-6-5-7-20(21)25-13-11-24(12-14-25)16-22(26)23-19-10-9-17(2)15-18(19)3/h5-10,15H,4,11-14,16H2,1-3H3,(H,23,26)/p+1. The van der Waals surface area contributed by atoms with Gasteiger partial charge in [0, 0.05) is 5.69 Å². The number of quaternary nitrogens is 1. The predicted octanol–water partition coefficient (Wildman–Crippen LogP) is 2.05. The van der Waals surface area contributed by atoms with Crippen LogP contribution in [0.1, 0.15) is 18.1 Å². The first-order chi connectivity index (χ1) is 13.1. The first-order valence-electron chi connectivity index (χ1n) is 9.74. The van der Waals surface area contributed by atoms with Crippen LogP contribution in [0.5, 0.6) is 5.75 Å². The molecular weight excluding hydrogens is 338 g/mol. The summed E-state index contributed by atoms with van der Waals surface area (Å²) in [6.45, 7) is 11.0. The van der Waals surface area contributed by atoms with Crippen LogP contribution in [0.3, 0.4) is 0 Å². The van der Waals surface area contributed by atoms with Crippen molar-refractivity contribution < 1.29 is 14.4 Å². The molecule has 1 amide bonds. The summed E-state index contributed by atoms with van der Waals surface area (Å²) in [5, 5.41) is 3.06. The number of rotatable bonds is 6. The average Bonchev–Trinajstić information content (AvgIpc) is 2.65. The minimum atomic E-state index is 0.0834. The van der Waals surface area contributed by atoms with Gasteiger partial charge in [-0.25, -0.2) is 0 Å². The molecule has 0 saturated carbocycles. The van der Waals surface area contributed by atoms with Crippen LogP contribution in [0.4, 0.5) is 11.4 Å². The van der Waals surface area contributed by atoms with Crippen molar-refractivity contribution in [3.8, 4) is 5.75 Å². The molecule has 3 rings (SSSR count). The number of benzene rings is 2. The molecule has 5 heteroatoms. The zero-order valence-electron chi connectivity index (χ0n) is 16.5. The maximum Gasteiger partial charge on any atom is 0.279 e. The molecule has 0 spiro atoms. The lowest BCUT2D eigenvalue weighted by Gasteiger charge is -2.34. The molecule has 1 aliphatic heterocycles.